The standard InChI is InChI=1S/C25H17ClO/c1-25(2)19-10-6-5-9-17(19)22-23(25)16-8-4-3-7-15(16)21-18-13-14(26)11-12-20(18)27-24(21)22/h3-13H,1-2H3. The van der Waals surface area contributed by atoms with Crippen LogP contribution in [0.15, 0.2) is 71.1 Å². The third-order valence-electron chi connectivity index (χ3n) is 6.09. The minimum atomic E-state index is -0.0731. The van der Waals surface area contributed by atoms with Crippen LogP contribution in [0.1, 0.15) is 25.0 Å². The molecule has 0 aliphatic heterocycles. The molecule has 2 heteroatoms. The molecule has 130 valence electrons. The van der Waals surface area contributed by atoms with E-state index in [9.17, 15) is 0 Å². The van der Waals surface area contributed by atoms with Gasteiger partial charge in [-0.05, 0) is 45.7 Å². The number of rotatable bonds is 0. The molecule has 1 heterocycles. The van der Waals surface area contributed by atoms with E-state index < -0.39 is 0 Å². The minimum Gasteiger partial charge on any atom is -0.455 e. The Morgan fingerprint density at radius 3 is 2.41 bits per heavy atom. The summed E-state index contributed by atoms with van der Waals surface area (Å²) >= 11 is 6.33. The molecule has 0 atom stereocenters. The molecule has 6 rings (SSSR count). The molecule has 0 fully saturated rings. The normalized spacial score (nSPS) is 14.8. The van der Waals surface area contributed by atoms with E-state index in [1.807, 2.05) is 18.2 Å². The van der Waals surface area contributed by atoms with E-state index in [0.29, 0.717) is 0 Å². The van der Waals surface area contributed by atoms with Crippen LogP contribution in [0.3, 0.4) is 0 Å². The fourth-order valence-electron chi connectivity index (χ4n) is 4.97. The highest BCUT2D eigenvalue weighted by atomic mass is 35.5. The molecule has 4 aromatic carbocycles. The van der Waals surface area contributed by atoms with Gasteiger partial charge < -0.3 is 4.42 Å². The van der Waals surface area contributed by atoms with Crippen molar-refractivity contribution < 1.29 is 4.42 Å². The van der Waals surface area contributed by atoms with Gasteiger partial charge >= 0.3 is 0 Å². The molecule has 1 aliphatic rings. The Kier molecular flexibility index (Phi) is 2.80. The number of benzene rings is 4. The van der Waals surface area contributed by atoms with Crippen molar-refractivity contribution in [1.29, 1.82) is 0 Å². The van der Waals surface area contributed by atoms with Crippen molar-refractivity contribution in [2.75, 3.05) is 0 Å². The summed E-state index contributed by atoms with van der Waals surface area (Å²) in [6.45, 7) is 4.63. The zero-order valence-electron chi connectivity index (χ0n) is 15.1. The second-order valence-electron chi connectivity index (χ2n) is 7.91. The van der Waals surface area contributed by atoms with Crippen molar-refractivity contribution >= 4 is 44.3 Å². The summed E-state index contributed by atoms with van der Waals surface area (Å²) in [6, 6.07) is 23.3. The lowest BCUT2D eigenvalue weighted by Crippen LogP contribution is -2.15. The monoisotopic (exact) mass is 368 g/mol. The average molecular weight is 369 g/mol. The number of hydrogen-bond donors (Lipinski definition) is 0. The van der Waals surface area contributed by atoms with Gasteiger partial charge in [-0.3, -0.25) is 0 Å². The molecule has 0 radical (unpaired) electrons. The van der Waals surface area contributed by atoms with Gasteiger partial charge in [-0.2, -0.15) is 0 Å². The fraction of sp³-hybridized carbons (Fsp3) is 0.120. The third kappa shape index (κ3) is 1.80. The zero-order chi connectivity index (χ0) is 18.3. The highest BCUT2D eigenvalue weighted by Crippen LogP contribution is 2.55. The number of fused-ring (bicyclic) bond motifs is 10. The molecular weight excluding hydrogens is 352 g/mol. The van der Waals surface area contributed by atoms with Crippen molar-refractivity contribution in [3.05, 3.63) is 82.9 Å². The predicted octanol–water partition coefficient (Wildman–Crippen LogP) is 7.70. The summed E-state index contributed by atoms with van der Waals surface area (Å²) in [5, 5.41) is 5.50. The van der Waals surface area contributed by atoms with E-state index in [0.717, 1.165) is 27.0 Å². The maximum Gasteiger partial charge on any atom is 0.144 e. The molecule has 0 saturated heterocycles. The number of hydrogen-bond acceptors (Lipinski definition) is 1. The van der Waals surface area contributed by atoms with Crippen LogP contribution in [0.4, 0.5) is 0 Å². The first kappa shape index (κ1) is 15.3. The van der Waals surface area contributed by atoms with E-state index in [2.05, 4.69) is 62.4 Å². The van der Waals surface area contributed by atoms with E-state index in [1.54, 1.807) is 0 Å². The highest BCUT2D eigenvalue weighted by Gasteiger charge is 2.39. The molecule has 5 aromatic rings. The van der Waals surface area contributed by atoms with Crippen LogP contribution in [-0.2, 0) is 5.41 Å². The van der Waals surface area contributed by atoms with E-state index >= 15 is 0 Å². The van der Waals surface area contributed by atoms with Gasteiger partial charge in [0.1, 0.15) is 11.2 Å². The number of halogens is 1. The molecule has 1 nitrogen and oxygen atoms in total. The quantitative estimate of drug-likeness (QED) is 0.273. The molecular formula is C25H17ClO. The van der Waals surface area contributed by atoms with Crippen LogP contribution < -0.4 is 0 Å². The van der Waals surface area contributed by atoms with Crippen molar-refractivity contribution in [3.8, 4) is 11.1 Å². The Bertz CT molecular complexity index is 1400. The molecule has 0 unspecified atom stereocenters. The number of furan rings is 1. The maximum atomic E-state index is 6.45. The van der Waals surface area contributed by atoms with E-state index in [4.69, 9.17) is 16.0 Å². The van der Waals surface area contributed by atoms with Crippen LogP contribution >= 0.6 is 11.6 Å². The van der Waals surface area contributed by atoms with Gasteiger partial charge in [0.05, 0.1) is 0 Å². The van der Waals surface area contributed by atoms with Crippen LogP contribution in [0.25, 0.3) is 43.8 Å². The fourth-order valence-corrected chi connectivity index (χ4v) is 5.14. The van der Waals surface area contributed by atoms with E-state index in [-0.39, 0.29) is 5.41 Å². The Morgan fingerprint density at radius 2 is 1.56 bits per heavy atom. The largest absolute Gasteiger partial charge is 0.455 e. The predicted molar refractivity (Wildman–Crippen MR) is 114 cm³/mol. The second-order valence-corrected chi connectivity index (χ2v) is 8.35. The average Bonchev–Trinajstić information content (AvgIpc) is 3.16. The summed E-state index contributed by atoms with van der Waals surface area (Å²) in [6.07, 6.45) is 0. The van der Waals surface area contributed by atoms with Gasteiger partial charge in [-0.15, -0.1) is 0 Å². The first-order valence-corrected chi connectivity index (χ1v) is 9.62. The third-order valence-corrected chi connectivity index (χ3v) is 6.32. The summed E-state index contributed by atoms with van der Waals surface area (Å²) in [4.78, 5) is 0. The Labute approximate surface area is 162 Å². The first-order chi connectivity index (χ1) is 13.1. The van der Waals surface area contributed by atoms with Crippen LogP contribution in [0.2, 0.25) is 5.02 Å². The SMILES string of the molecule is CC1(C)c2ccccc2-c2c1c1ccccc1c1c2oc2ccc(Cl)cc21. The molecule has 0 bridgehead atoms. The van der Waals surface area contributed by atoms with Gasteiger partial charge in [0.2, 0.25) is 0 Å². The molecule has 0 spiro atoms. The van der Waals surface area contributed by atoms with Gasteiger partial charge in [0.15, 0.2) is 0 Å². The smallest absolute Gasteiger partial charge is 0.144 e. The lowest BCUT2D eigenvalue weighted by molar-refractivity contribution is 0.657. The summed E-state index contributed by atoms with van der Waals surface area (Å²) in [7, 11) is 0. The van der Waals surface area contributed by atoms with Gasteiger partial charge in [0, 0.05) is 26.8 Å². The molecule has 1 aliphatic carbocycles. The van der Waals surface area contributed by atoms with Crippen molar-refractivity contribution in [2.24, 2.45) is 0 Å². The molecule has 0 N–H and O–H groups in total. The molecule has 27 heavy (non-hydrogen) atoms. The van der Waals surface area contributed by atoms with Gasteiger partial charge in [0.25, 0.3) is 0 Å². The highest BCUT2D eigenvalue weighted by molar-refractivity contribution is 6.33. The van der Waals surface area contributed by atoms with Gasteiger partial charge in [-0.25, -0.2) is 0 Å². The lowest BCUT2D eigenvalue weighted by atomic mass is 9.79. The minimum absolute atomic E-state index is 0.0731. The van der Waals surface area contributed by atoms with Crippen molar-refractivity contribution in [3.63, 3.8) is 0 Å². The Hall–Kier alpha value is -2.77. The Morgan fingerprint density at radius 1 is 0.815 bits per heavy atom. The summed E-state index contributed by atoms with van der Waals surface area (Å²) in [5.74, 6) is 0. The Balaban J connectivity index is 1.97. The zero-order valence-corrected chi connectivity index (χ0v) is 15.9. The maximum absolute atomic E-state index is 6.45. The molecule has 1 aromatic heterocycles. The molecule has 0 amide bonds. The summed E-state index contributed by atoms with van der Waals surface area (Å²) in [5.41, 5.74) is 7.01. The van der Waals surface area contributed by atoms with Crippen molar-refractivity contribution in [1.82, 2.24) is 0 Å². The van der Waals surface area contributed by atoms with Crippen LogP contribution in [0.5, 0.6) is 0 Å². The van der Waals surface area contributed by atoms with Crippen molar-refractivity contribution in [2.45, 2.75) is 19.3 Å². The second kappa shape index (κ2) is 4.94. The van der Waals surface area contributed by atoms with Crippen LogP contribution in [-0.4, -0.2) is 0 Å². The first-order valence-electron chi connectivity index (χ1n) is 9.24. The van der Waals surface area contributed by atoms with E-state index in [1.165, 1.54) is 33.0 Å². The lowest BCUT2D eigenvalue weighted by Gasteiger charge is -2.23. The topological polar surface area (TPSA) is 13.1 Å². The summed E-state index contributed by atoms with van der Waals surface area (Å²) < 4.78 is 6.45. The van der Waals surface area contributed by atoms with Crippen LogP contribution in [0, 0.1) is 0 Å². The van der Waals surface area contributed by atoms with Gasteiger partial charge in [-0.1, -0.05) is 74.0 Å². The molecule has 0 saturated carbocycles.